The third-order valence-corrected chi connectivity index (χ3v) is 1.43. The molecule has 0 fully saturated rings. The first kappa shape index (κ1) is 10.5. The Bertz CT molecular complexity index is 379. The lowest BCUT2D eigenvalue weighted by molar-refractivity contribution is 0.582. The lowest BCUT2D eigenvalue weighted by Crippen LogP contribution is -2.24. The van der Waals surface area contributed by atoms with Gasteiger partial charge in [0.2, 0.25) is 0 Å². The van der Waals surface area contributed by atoms with Gasteiger partial charge in [0, 0.05) is 11.6 Å². The molecule has 0 radical (unpaired) electrons. The summed E-state index contributed by atoms with van der Waals surface area (Å²) in [6.45, 7) is 0. The third-order valence-electron chi connectivity index (χ3n) is 1.34. The molecular weight excluding hydrogens is 208 g/mol. The van der Waals surface area contributed by atoms with Gasteiger partial charge < -0.3 is 5.73 Å². The van der Waals surface area contributed by atoms with Gasteiger partial charge in [-0.3, -0.25) is 5.43 Å². The number of benzene rings is 1. The zero-order chi connectivity index (χ0) is 10.6. The molecule has 0 unspecified atom stereocenters. The molecule has 0 heterocycles. The zero-order valence-electron chi connectivity index (χ0n) is 7.00. The highest BCUT2D eigenvalue weighted by Gasteiger charge is 2.00. The predicted molar refractivity (Wildman–Crippen MR) is 53.9 cm³/mol. The van der Waals surface area contributed by atoms with Crippen molar-refractivity contribution < 1.29 is 8.78 Å². The molecule has 74 valence electrons. The van der Waals surface area contributed by atoms with Crippen LogP contribution >= 0.6 is 12.2 Å². The minimum atomic E-state index is -0.696. The first-order chi connectivity index (χ1) is 6.59. The molecule has 0 aliphatic heterocycles. The molecule has 0 bridgehead atoms. The second kappa shape index (κ2) is 4.61. The number of nitrogens with two attached hydrogens (primary N) is 1. The van der Waals surface area contributed by atoms with E-state index in [0.717, 1.165) is 18.3 Å². The maximum Gasteiger partial charge on any atom is 0.184 e. The Labute approximate surface area is 84.6 Å². The van der Waals surface area contributed by atoms with E-state index in [0.29, 0.717) is 0 Å². The van der Waals surface area contributed by atoms with Crippen LogP contribution in [0.2, 0.25) is 0 Å². The summed E-state index contributed by atoms with van der Waals surface area (Å²) in [6, 6.07) is 3.16. The standard InChI is InChI=1S/C8H7F2N3S/c9-6-2-1-5(7(10)3-6)4-12-13-8(11)14/h1-4H,(H3,11,13,14)/b12-4+. The molecule has 0 amide bonds. The van der Waals surface area contributed by atoms with Gasteiger partial charge in [0.25, 0.3) is 0 Å². The highest BCUT2D eigenvalue weighted by Crippen LogP contribution is 2.06. The summed E-state index contributed by atoms with van der Waals surface area (Å²) in [5.74, 6) is -1.33. The average molecular weight is 215 g/mol. The van der Waals surface area contributed by atoms with E-state index in [9.17, 15) is 8.78 Å². The van der Waals surface area contributed by atoms with E-state index >= 15 is 0 Å². The van der Waals surface area contributed by atoms with Gasteiger partial charge in [-0.2, -0.15) is 5.10 Å². The Morgan fingerprint density at radius 1 is 1.50 bits per heavy atom. The van der Waals surface area contributed by atoms with Crippen molar-refractivity contribution in [2.45, 2.75) is 0 Å². The average Bonchev–Trinajstić information content (AvgIpc) is 2.08. The molecule has 3 N–H and O–H groups in total. The Morgan fingerprint density at radius 3 is 2.79 bits per heavy atom. The topological polar surface area (TPSA) is 50.4 Å². The monoisotopic (exact) mass is 215 g/mol. The lowest BCUT2D eigenvalue weighted by Gasteiger charge is -1.96. The second-order valence-corrected chi connectivity index (χ2v) is 2.84. The number of hydrogen-bond donors (Lipinski definition) is 2. The number of thiocarbonyl (C=S) groups is 1. The quantitative estimate of drug-likeness (QED) is 0.442. The molecule has 0 saturated heterocycles. The van der Waals surface area contributed by atoms with E-state index < -0.39 is 11.6 Å². The summed E-state index contributed by atoms with van der Waals surface area (Å²) in [5, 5.41) is 3.50. The van der Waals surface area contributed by atoms with Gasteiger partial charge in [0.1, 0.15) is 11.6 Å². The molecular formula is C8H7F2N3S. The number of nitrogens with one attached hydrogen (secondary N) is 1. The van der Waals surface area contributed by atoms with E-state index in [-0.39, 0.29) is 10.7 Å². The van der Waals surface area contributed by atoms with Crippen LogP contribution in [0, 0.1) is 11.6 Å². The van der Waals surface area contributed by atoms with Gasteiger partial charge >= 0.3 is 0 Å². The third kappa shape index (κ3) is 3.06. The molecule has 0 spiro atoms. The minimum Gasteiger partial charge on any atom is -0.375 e. The molecule has 0 aliphatic rings. The minimum absolute atomic E-state index is 0.0243. The normalized spacial score (nSPS) is 10.4. The summed E-state index contributed by atoms with van der Waals surface area (Å²) in [4.78, 5) is 0. The molecule has 14 heavy (non-hydrogen) atoms. The van der Waals surface area contributed by atoms with Crippen LogP contribution in [-0.2, 0) is 0 Å². The van der Waals surface area contributed by atoms with Gasteiger partial charge in [-0.25, -0.2) is 8.78 Å². The van der Waals surface area contributed by atoms with Gasteiger partial charge in [-0.1, -0.05) is 0 Å². The maximum absolute atomic E-state index is 13.0. The summed E-state index contributed by atoms with van der Waals surface area (Å²) in [5.41, 5.74) is 7.47. The number of halogens is 2. The zero-order valence-corrected chi connectivity index (χ0v) is 7.81. The van der Waals surface area contributed by atoms with Gasteiger partial charge in [0.15, 0.2) is 5.11 Å². The number of rotatable bonds is 2. The molecule has 3 nitrogen and oxygen atoms in total. The van der Waals surface area contributed by atoms with Crippen LogP contribution in [0.25, 0.3) is 0 Å². The van der Waals surface area contributed by atoms with Gasteiger partial charge in [-0.05, 0) is 24.4 Å². The summed E-state index contributed by atoms with van der Waals surface area (Å²) < 4.78 is 25.4. The molecule has 6 heteroatoms. The van der Waals surface area contributed by atoms with Crippen molar-refractivity contribution in [2.24, 2.45) is 10.8 Å². The van der Waals surface area contributed by atoms with Crippen molar-refractivity contribution in [3.05, 3.63) is 35.4 Å². The molecule has 1 aromatic carbocycles. The van der Waals surface area contributed by atoms with Crippen molar-refractivity contribution in [3.8, 4) is 0 Å². The SMILES string of the molecule is NC(=S)N/N=C/c1ccc(F)cc1F. The van der Waals surface area contributed by atoms with E-state index in [4.69, 9.17) is 5.73 Å². The van der Waals surface area contributed by atoms with Crippen LogP contribution in [0.1, 0.15) is 5.56 Å². The Morgan fingerprint density at radius 2 is 2.21 bits per heavy atom. The second-order valence-electron chi connectivity index (χ2n) is 2.40. The predicted octanol–water partition coefficient (Wildman–Crippen LogP) is 1.13. The number of nitrogens with zero attached hydrogens (tertiary/aromatic N) is 1. The highest BCUT2D eigenvalue weighted by molar-refractivity contribution is 7.80. The lowest BCUT2D eigenvalue weighted by atomic mass is 10.2. The van der Waals surface area contributed by atoms with Crippen LogP contribution in [-0.4, -0.2) is 11.3 Å². The molecule has 0 atom stereocenters. The van der Waals surface area contributed by atoms with Crippen molar-refractivity contribution >= 4 is 23.5 Å². The number of hydrazone groups is 1. The van der Waals surface area contributed by atoms with Crippen LogP contribution < -0.4 is 11.2 Å². The van der Waals surface area contributed by atoms with E-state index in [2.05, 4.69) is 22.7 Å². The fourth-order valence-electron chi connectivity index (χ4n) is 0.772. The first-order valence-electron chi connectivity index (χ1n) is 3.63. The Balaban J connectivity index is 2.76. The van der Waals surface area contributed by atoms with Crippen LogP contribution in [0.15, 0.2) is 23.3 Å². The highest BCUT2D eigenvalue weighted by atomic mass is 32.1. The van der Waals surface area contributed by atoms with Crippen LogP contribution in [0.5, 0.6) is 0 Å². The van der Waals surface area contributed by atoms with Crippen molar-refractivity contribution in [3.63, 3.8) is 0 Å². The Kier molecular flexibility index (Phi) is 3.47. The van der Waals surface area contributed by atoms with E-state index in [1.165, 1.54) is 6.07 Å². The van der Waals surface area contributed by atoms with Crippen molar-refractivity contribution in [2.75, 3.05) is 0 Å². The number of hydrogen-bond acceptors (Lipinski definition) is 2. The van der Waals surface area contributed by atoms with E-state index in [1.54, 1.807) is 0 Å². The fraction of sp³-hybridized carbons (Fsp3) is 0. The fourth-order valence-corrected chi connectivity index (χ4v) is 0.824. The first-order valence-corrected chi connectivity index (χ1v) is 4.04. The smallest absolute Gasteiger partial charge is 0.184 e. The summed E-state index contributed by atoms with van der Waals surface area (Å²) in [6.07, 6.45) is 1.16. The van der Waals surface area contributed by atoms with Crippen molar-refractivity contribution in [1.29, 1.82) is 0 Å². The molecule has 1 rings (SSSR count). The van der Waals surface area contributed by atoms with Crippen LogP contribution in [0.3, 0.4) is 0 Å². The molecule has 0 aromatic heterocycles. The van der Waals surface area contributed by atoms with Crippen LogP contribution in [0.4, 0.5) is 8.78 Å². The summed E-state index contributed by atoms with van der Waals surface area (Å²) in [7, 11) is 0. The maximum atomic E-state index is 13.0. The van der Waals surface area contributed by atoms with E-state index in [1.807, 2.05) is 0 Å². The van der Waals surface area contributed by atoms with Gasteiger partial charge in [-0.15, -0.1) is 0 Å². The van der Waals surface area contributed by atoms with Crippen molar-refractivity contribution in [1.82, 2.24) is 5.43 Å². The Hall–Kier alpha value is -1.56. The largest absolute Gasteiger partial charge is 0.375 e. The molecule has 0 aliphatic carbocycles. The van der Waals surface area contributed by atoms with Gasteiger partial charge in [0.05, 0.1) is 6.21 Å². The molecule has 1 aromatic rings. The molecule has 0 saturated carbocycles. The summed E-state index contributed by atoms with van der Waals surface area (Å²) >= 11 is 4.46.